The Hall–Kier alpha value is -3.13. The molecule has 0 spiro atoms. The minimum absolute atomic E-state index is 0.152. The van der Waals surface area contributed by atoms with Gasteiger partial charge in [0.05, 0.1) is 5.75 Å². The van der Waals surface area contributed by atoms with Gasteiger partial charge in [0.2, 0.25) is 5.91 Å². The van der Waals surface area contributed by atoms with Gasteiger partial charge in [-0.3, -0.25) is 14.2 Å². The molecular formula is C21H23N5O2S. The predicted molar refractivity (Wildman–Crippen MR) is 115 cm³/mol. The van der Waals surface area contributed by atoms with Gasteiger partial charge in [0.25, 0.3) is 5.91 Å². The van der Waals surface area contributed by atoms with Crippen molar-refractivity contribution in [2.24, 2.45) is 0 Å². The number of aryl methyl sites for hydroxylation is 3. The van der Waals surface area contributed by atoms with E-state index in [4.69, 9.17) is 0 Å². The minimum atomic E-state index is -0.160. The Bertz CT molecular complexity index is 1060. The molecule has 3 rings (SSSR count). The van der Waals surface area contributed by atoms with Gasteiger partial charge in [-0.05, 0) is 67.8 Å². The van der Waals surface area contributed by atoms with Gasteiger partial charge in [-0.2, -0.15) is 0 Å². The van der Waals surface area contributed by atoms with E-state index in [9.17, 15) is 9.59 Å². The lowest BCUT2D eigenvalue weighted by atomic mass is 10.1. The molecule has 1 heterocycles. The Balaban J connectivity index is 1.66. The number of nitrogens with zero attached hydrogens (tertiary/aromatic N) is 3. The second-order valence-electron chi connectivity index (χ2n) is 6.70. The zero-order valence-corrected chi connectivity index (χ0v) is 17.6. The van der Waals surface area contributed by atoms with Gasteiger partial charge < -0.3 is 10.6 Å². The maximum atomic E-state index is 12.4. The van der Waals surface area contributed by atoms with Crippen LogP contribution in [-0.4, -0.2) is 39.4 Å². The van der Waals surface area contributed by atoms with Gasteiger partial charge in [0.1, 0.15) is 6.33 Å². The minimum Gasteiger partial charge on any atom is -0.355 e. The van der Waals surface area contributed by atoms with E-state index in [-0.39, 0.29) is 17.6 Å². The molecule has 2 N–H and O–H groups in total. The van der Waals surface area contributed by atoms with Crippen molar-refractivity contribution in [3.63, 3.8) is 0 Å². The summed E-state index contributed by atoms with van der Waals surface area (Å²) < 4.78 is 1.87. The highest BCUT2D eigenvalue weighted by atomic mass is 32.2. The SMILES string of the molecule is CNC(=O)c1ccc(NC(=O)CSc2nncn2-c2ccc(C)c(C)c2)c(C)c1. The molecule has 150 valence electrons. The molecule has 0 atom stereocenters. The highest BCUT2D eigenvalue weighted by molar-refractivity contribution is 7.99. The summed E-state index contributed by atoms with van der Waals surface area (Å²) in [6, 6.07) is 11.3. The van der Waals surface area contributed by atoms with Gasteiger partial charge in [-0.15, -0.1) is 10.2 Å². The molecule has 0 radical (unpaired) electrons. The summed E-state index contributed by atoms with van der Waals surface area (Å²) in [5, 5.41) is 14.2. The van der Waals surface area contributed by atoms with E-state index >= 15 is 0 Å². The second-order valence-corrected chi connectivity index (χ2v) is 7.64. The van der Waals surface area contributed by atoms with E-state index in [1.54, 1.807) is 31.6 Å². The fourth-order valence-corrected chi connectivity index (χ4v) is 3.51. The van der Waals surface area contributed by atoms with Crippen LogP contribution in [0.15, 0.2) is 47.9 Å². The molecule has 0 fully saturated rings. The molecule has 0 saturated heterocycles. The van der Waals surface area contributed by atoms with Crippen LogP contribution in [0.3, 0.4) is 0 Å². The Labute approximate surface area is 173 Å². The van der Waals surface area contributed by atoms with Crippen LogP contribution in [0, 0.1) is 20.8 Å². The third-order valence-electron chi connectivity index (χ3n) is 4.61. The predicted octanol–water partition coefficient (Wildman–Crippen LogP) is 3.28. The number of carbonyl (C=O) groups excluding carboxylic acids is 2. The lowest BCUT2D eigenvalue weighted by Crippen LogP contribution is -2.19. The van der Waals surface area contributed by atoms with Crippen molar-refractivity contribution in [3.05, 3.63) is 65.0 Å². The first-order valence-corrected chi connectivity index (χ1v) is 10.1. The molecule has 8 heteroatoms. The number of carbonyl (C=O) groups is 2. The van der Waals surface area contributed by atoms with Crippen LogP contribution in [0.4, 0.5) is 5.69 Å². The van der Waals surface area contributed by atoms with Gasteiger partial charge in [0, 0.05) is 24.0 Å². The summed E-state index contributed by atoms with van der Waals surface area (Å²) in [6.45, 7) is 5.97. The molecule has 0 aliphatic rings. The average Bonchev–Trinajstić information content (AvgIpc) is 3.18. The first-order chi connectivity index (χ1) is 13.9. The first-order valence-electron chi connectivity index (χ1n) is 9.12. The first kappa shape index (κ1) is 20.6. The smallest absolute Gasteiger partial charge is 0.251 e. The highest BCUT2D eigenvalue weighted by Crippen LogP contribution is 2.22. The lowest BCUT2D eigenvalue weighted by Gasteiger charge is -2.11. The zero-order valence-electron chi connectivity index (χ0n) is 16.8. The average molecular weight is 410 g/mol. The van der Waals surface area contributed by atoms with Crippen LogP contribution in [0.2, 0.25) is 0 Å². The van der Waals surface area contributed by atoms with Crippen molar-refractivity contribution in [3.8, 4) is 5.69 Å². The summed E-state index contributed by atoms with van der Waals surface area (Å²) in [4.78, 5) is 24.1. The summed E-state index contributed by atoms with van der Waals surface area (Å²) in [6.07, 6.45) is 1.64. The van der Waals surface area contributed by atoms with E-state index in [1.165, 1.54) is 22.9 Å². The number of hydrogen-bond donors (Lipinski definition) is 2. The van der Waals surface area contributed by atoms with Crippen molar-refractivity contribution >= 4 is 29.3 Å². The fourth-order valence-electron chi connectivity index (χ4n) is 2.78. The Morgan fingerprint density at radius 3 is 2.52 bits per heavy atom. The summed E-state index contributed by atoms with van der Waals surface area (Å²) >= 11 is 1.32. The van der Waals surface area contributed by atoms with E-state index in [0.29, 0.717) is 16.4 Å². The summed E-state index contributed by atoms with van der Waals surface area (Å²) in [5.74, 6) is -0.118. The van der Waals surface area contributed by atoms with Crippen LogP contribution in [0.25, 0.3) is 5.69 Å². The molecule has 2 aromatic carbocycles. The standard InChI is InChI=1S/C21H23N5O2S/c1-13-5-7-17(10-14(13)2)26-12-23-25-21(26)29-11-19(27)24-18-8-6-16(9-15(18)3)20(28)22-4/h5-10,12H,11H2,1-4H3,(H,22,28)(H,24,27). The molecule has 0 aliphatic carbocycles. The molecule has 0 bridgehead atoms. The Morgan fingerprint density at radius 2 is 1.83 bits per heavy atom. The Morgan fingerprint density at radius 1 is 1.03 bits per heavy atom. The summed E-state index contributed by atoms with van der Waals surface area (Å²) in [7, 11) is 1.58. The molecule has 1 aromatic heterocycles. The van der Waals surface area contributed by atoms with Crippen LogP contribution < -0.4 is 10.6 Å². The quantitative estimate of drug-likeness (QED) is 0.610. The number of aromatic nitrogens is 3. The molecule has 0 unspecified atom stereocenters. The fraction of sp³-hybridized carbons (Fsp3) is 0.238. The van der Waals surface area contributed by atoms with Crippen LogP contribution in [-0.2, 0) is 4.79 Å². The Kier molecular flexibility index (Phi) is 6.33. The van der Waals surface area contributed by atoms with Crippen molar-refractivity contribution in [1.29, 1.82) is 0 Å². The van der Waals surface area contributed by atoms with Crippen molar-refractivity contribution in [2.45, 2.75) is 25.9 Å². The van der Waals surface area contributed by atoms with E-state index < -0.39 is 0 Å². The van der Waals surface area contributed by atoms with Crippen LogP contribution in [0.5, 0.6) is 0 Å². The maximum absolute atomic E-state index is 12.4. The van der Waals surface area contributed by atoms with Crippen LogP contribution in [0.1, 0.15) is 27.0 Å². The van der Waals surface area contributed by atoms with Crippen molar-refractivity contribution in [1.82, 2.24) is 20.1 Å². The van der Waals surface area contributed by atoms with Crippen molar-refractivity contribution < 1.29 is 9.59 Å². The normalized spacial score (nSPS) is 10.6. The molecule has 29 heavy (non-hydrogen) atoms. The van der Waals surface area contributed by atoms with Gasteiger partial charge >= 0.3 is 0 Å². The van der Waals surface area contributed by atoms with E-state index in [1.807, 2.05) is 17.6 Å². The largest absolute Gasteiger partial charge is 0.355 e. The molecule has 0 aliphatic heterocycles. The highest BCUT2D eigenvalue weighted by Gasteiger charge is 2.12. The molecule has 3 aromatic rings. The van der Waals surface area contributed by atoms with Gasteiger partial charge in [-0.1, -0.05) is 17.8 Å². The van der Waals surface area contributed by atoms with Crippen molar-refractivity contribution in [2.75, 3.05) is 18.1 Å². The molecule has 2 amide bonds. The lowest BCUT2D eigenvalue weighted by molar-refractivity contribution is -0.113. The number of amides is 2. The number of rotatable bonds is 6. The third kappa shape index (κ3) is 4.83. The summed E-state index contributed by atoms with van der Waals surface area (Å²) in [5.41, 5.74) is 5.41. The number of benzene rings is 2. The van der Waals surface area contributed by atoms with Crippen LogP contribution >= 0.6 is 11.8 Å². The number of anilines is 1. The second kappa shape index (κ2) is 8.91. The van der Waals surface area contributed by atoms with E-state index in [0.717, 1.165) is 11.3 Å². The molecule has 7 nitrogen and oxygen atoms in total. The molecular weight excluding hydrogens is 386 g/mol. The topological polar surface area (TPSA) is 88.9 Å². The van der Waals surface area contributed by atoms with Gasteiger partial charge in [0.15, 0.2) is 5.16 Å². The molecule has 0 saturated carbocycles. The number of nitrogens with one attached hydrogen (secondary N) is 2. The van der Waals surface area contributed by atoms with Gasteiger partial charge in [-0.25, -0.2) is 0 Å². The monoisotopic (exact) mass is 409 g/mol. The third-order valence-corrected chi connectivity index (χ3v) is 5.55. The number of thioether (sulfide) groups is 1. The zero-order chi connectivity index (χ0) is 21.0. The maximum Gasteiger partial charge on any atom is 0.251 e. The van der Waals surface area contributed by atoms with E-state index in [2.05, 4.69) is 46.8 Å². The number of hydrogen-bond acceptors (Lipinski definition) is 5.